The molecule has 2 aromatic carbocycles. The fraction of sp³-hybridized carbons (Fsp3) is 0.525. The molecule has 2 aromatic heterocycles. The van der Waals surface area contributed by atoms with E-state index in [4.69, 9.17) is 37.7 Å². The monoisotopic (exact) mass is 729 g/mol. The van der Waals surface area contributed by atoms with Gasteiger partial charge in [0.05, 0.1) is 52.0 Å². The van der Waals surface area contributed by atoms with Crippen molar-refractivity contribution >= 4 is 50.9 Å². The predicted molar refractivity (Wildman–Crippen MR) is 195 cm³/mol. The number of aryl methyl sites for hydroxylation is 2. The number of fused-ring (bicyclic) bond motifs is 4. The van der Waals surface area contributed by atoms with Crippen LogP contribution < -0.4 is 5.32 Å². The molecule has 6 fully saturated rings. The van der Waals surface area contributed by atoms with E-state index in [1.807, 2.05) is 13.0 Å². The van der Waals surface area contributed by atoms with Crippen LogP contribution in [-0.2, 0) is 20.7 Å². The van der Waals surface area contributed by atoms with Crippen LogP contribution in [0, 0.1) is 35.9 Å². The molecule has 266 valence electrons. The average Bonchev–Trinajstić information content (AvgIpc) is 3.58. The number of nitrogens with zero attached hydrogens (tertiary/aromatic N) is 4. The van der Waals surface area contributed by atoms with Gasteiger partial charge in [-0.05, 0) is 81.5 Å². The standard InChI is InChI=1S/C40H42Cl2FN5O3/c1-20-28-17-33(32-16-26(19-47(32)40(49)21-8-9-21)51-25-11-10-24(15-25)50-2)48(38-23-14-31(38)45-18-23)39(28)29-13-22(5-4-12-44)34(36(43)37(29)46-20)27-6-3-7-30(41)35(27)42/h3,6-7,13,17,21,23-26,31-32,38,45H,4-5,8-11,14-16,18-19H2,1-2H3/t23-,24?,25?,26+,31-,32-,38+/m1/s1. The van der Waals surface area contributed by atoms with Crippen molar-refractivity contribution in [3.05, 3.63) is 63.1 Å². The summed E-state index contributed by atoms with van der Waals surface area (Å²) in [7, 11) is 1.77. The highest BCUT2D eigenvalue weighted by atomic mass is 35.5. The van der Waals surface area contributed by atoms with Gasteiger partial charge >= 0.3 is 0 Å². The maximum Gasteiger partial charge on any atom is 0.226 e. The molecule has 8 nitrogen and oxygen atoms in total. The summed E-state index contributed by atoms with van der Waals surface area (Å²) < 4.78 is 32.0. The molecule has 3 aliphatic heterocycles. The van der Waals surface area contributed by atoms with Crippen LogP contribution in [0.2, 0.25) is 10.0 Å². The number of carbonyl (C=O) groups excluding carboxylic acids is 1. The van der Waals surface area contributed by atoms with Crippen LogP contribution in [0.25, 0.3) is 32.9 Å². The lowest BCUT2D eigenvalue weighted by Gasteiger charge is -2.39. The minimum absolute atomic E-state index is 0.0722. The maximum absolute atomic E-state index is 17.2. The maximum atomic E-state index is 17.2. The second kappa shape index (κ2) is 13.0. The van der Waals surface area contributed by atoms with Crippen LogP contribution in [0.15, 0.2) is 30.3 Å². The summed E-state index contributed by atoms with van der Waals surface area (Å²) in [6, 6.07) is 12.0. The van der Waals surface area contributed by atoms with Crippen LogP contribution in [0.1, 0.15) is 80.4 Å². The zero-order chi connectivity index (χ0) is 35.1. The Balaban J connectivity index is 1.23. The average molecular weight is 731 g/mol. The second-order valence-corrected chi connectivity index (χ2v) is 16.1. The van der Waals surface area contributed by atoms with Crippen molar-refractivity contribution in [1.29, 1.82) is 5.26 Å². The summed E-state index contributed by atoms with van der Waals surface area (Å²) in [5.74, 6) is 0.259. The molecule has 1 N–H and O–H groups in total. The van der Waals surface area contributed by atoms with E-state index in [0.717, 1.165) is 67.4 Å². The number of benzene rings is 2. The highest BCUT2D eigenvalue weighted by molar-refractivity contribution is 6.43. The van der Waals surface area contributed by atoms with Crippen LogP contribution in [0.3, 0.4) is 0 Å². The summed E-state index contributed by atoms with van der Waals surface area (Å²) in [6.45, 7) is 3.44. The lowest BCUT2D eigenvalue weighted by atomic mass is 9.79. The Morgan fingerprint density at radius 2 is 1.92 bits per heavy atom. The topological polar surface area (TPSA) is 92.4 Å². The molecule has 0 radical (unpaired) electrons. The second-order valence-electron chi connectivity index (χ2n) is 15.3. The number of hydrogen-bond donors (Lipinski definition) is 1. The number of halogens is 3. The minimum atomic E-state index is -0.468. The zero-order valence-electron chi connectivity index (χ0n) is 28.9. The molecular weight excluding hydrogens is 688 g/mol. The fourth-order valence-electron chi connectivity index (χ4n) is 9.59. The first-order valence-corrected chi connectivity index (χ1v) is 19.2. The third kappa shape index (κ3) is 5.56. The number of aromatic nitrogens is 2. The molecule has 51 heavy (non-hydrogen) atoms. The first-order chi connectivity index (χ1) is 24.7. The molecule has 0 spiro atoms. The molecule has 2 bridgehead atoms. The Kier molecular flexibility index (Phi) is 8.55. The quantitative estimate of drug-likeness (QED) is 0.187. The van der Waals surface area contributed by atoms with E-state index in [1.165, 1.54) is 0 Å². The van der Waals surface area contributed by atoms with Gasteiger partial charge < -0.3 is 24.3 Å². The number of nitriles is 1. The molecule has 10 rings (SSSR count). The number of rotatable bonds is 9. The van der Waals surface area contributed by atoms with Gasteiger partial charge in [0, 0.05) is 78.3 Å². The van der Waals surface area contributed by atoms with Crippen LogP contribution in [0.4, 0.5) is 4.39 Å². The summed E-state index contributed by atoms with van der Waals surface area (Å²) in [5, 5.41) is 15.6. The molecule has 3 aliphatic carbocycles. The fourth-order valence-corrected chi connectivity index (χ4v) is 9.99. The lowest BCUT2D eigenvalue weighted by Crippen LogP contribution is -2.41. The van der Waals surface area contributed by atoms with Gasteiger partial charge in [0.25, 0.3) is 0 Å². The van der Waals surface area contributed by atoms with Gasteiger partial charge in [0.15, 0.2) is 5.82 Å². The lowest BCUT2D eigenvalue weighted by molar-refractivity contribution is -0.134. The Hall–Kier alpha value is -3.26. The van der Waals surface area contributed by atoms with E-state index >= 15 is 4.39 Å². The minimum Gasteiger partial charge on any atom is -0.381 e. The third-order valence-electron chi connectivity index (χ3n) is 12.3. The number of likely N-dealkylation sites (tertiary alicyclic amines) is 1. The van der Waals surface area contributed by atoms with Gasteiger partial charge in [0.2, 0.25) is 5.91 Å². The summed E-state index contributed by atoms with van der Waals surface area (Å²) in [5.41, 5.74) is 4.52. The smallest absolute Gasteiger partial charge is 0.226 e. The van der Waals surface area contributed by atoms with Crippen molar-refractivity contribution in [2.75, 3.05) is 20.2 Å². The van der Waals surface area contributed by atoms with Crippen molar-refractivity contribution in [3.63, 3.8) is 0 Å². The Morgan fingerprint density at radius 1 is 1.10 bits per heavy atom. The Bertz CT molecular complexity index is 2100. The molecule has 2 unspecified atom stereocenters. The predicted octanol–water partition coefficient (Wildman–Crippen LogP) is 8.24. The molecule has 4 aromatic rings. The van der Waals surface area contributed by atoms with E-state index in [-0.39, 0.29) is 59.2 Å². The number of amides is 1. The van der Waals surface area contributed by atoms with E-state index in [1.54, 1.807) is 25.3 Å². The number of methoxy groups -OCH3 is 1. The van der Waals surface area contributed by atoms with Crippen LogP contribution in [-0.4, -0.2) is 64.9 Å². The van der Waals surface area contributed by atoms with Gasteiger partial charge in [0.1, 0.15) is 5.52 Å². The summed E-state index contributed by atoms with van der Waals surface area (Å²) >= 11 is 13.1. The number of pyridine rings is 1. The molecule has 3 saturated heterocycles. The number of nitrogens with one attached hydrogen (secondary N) is 1. The van der Waals surface area contributed by atoms with E-state index in [0.29, 0.717) is 58.4 Å². The molecule has 5 heterocycles. The number of ether oxygens (including phenoxy) is 2. The molecule has 11 heteroatoms. The van der Waals surface area contributed by atoms with Crippen molar-refractivity contribution < 1.29 is 18.7 Å². The Labute approximate surface area is 307 Å². The number of hydrogen-bond acceptors (Lipinski definition) is 6. The SMILES string of the molecule is COC1CCC(O[C@H]2C[C@H](c3cc4c(C)nc5c(F)c(-c6cccc(Cl)c6Cl)c(CCC#N)cc5c4n3[C@H]3[C@H]4CN[C@@H]3C4)N(C(=O)C3CC3)C2)C1. The highest BCUT2D eigenvalue weighted by Crippen LogP contribution is 2.51. The van der Waals surface area contributed by atoms with Crippen LogP contribution >= 0.6 is 23.2 Å². The number of carbonyl (C=O) groups is 1. The van der Waals surface area contributed by atoms with E-state index < -0.39 is 5.82 Å². The van der Waals surface area contributed by atoms with Gasteiger partial charge in [-0.2, -0.15) is 5.26 Å². The first kappa shape index (κ1) is 33.6. The van der Waals surface area contributed by atoms with E-state index in [2.05, 4.69) is 26.9 Å². The van der Waals surface area contributed by atoms with Gasteiger partial charge in [-0.25, -0.2) is 9.37 Å². The normalized spacial score (nSPS) is 28.5. The van der Waals surface area contributed by atoms with Crippen molar-refractivity contribution in [3.8, 4) is 17.2 Å². The molecular formula is C40H42Cl2FN5O3. The van der Waals surface area contributed by atoms with Crippen molar-refractivity contribution in [2.24, 2.45) is 11.8 Å². The Morgan fingerprint density at radius 3 is 2.63 bits per heavy atom. The third-order valence-corrected chi connectivity index (χ3v) is 13.1. The van der Waals surface area contributed by atoms with Gasteiger partial charge in [-0.3, -0.25) is 4.79 Å². The van der Waals surface area contributed by atoms with Gasteiger partial charge in [-0.15, -0.1) is 0 Å². The summed E-state index contributed by atoms with van der Waals surface area (Å²) in [4.78, 5) is 21.0. The zero-order valence-corrected chi connectivity index (χ0v) is 30.4. The van der Waals surface area contributed by atoms with Crippen molar-refractivity contribution in [1.82, 2.24) is 19.8 Å². The van der Waals surface area contributed by atoms with Crippen LogP contribution in [0.5, 0.6) is 0 Å². The first-order valence-electron chi connectivity index (χ1n) is 18.5. The highest BCUT2D eigenvalue weighted by Gasteiger charge is 2.51. The molecule has 7 atom stereocenters. The molecule has 1 amide bonds. The van der Waals surface area contributed by atoms with Crippen molar-refractivity contribution in [2.45, 2.75) is 101 Å². The molecule has 6 aliphatic rings. The largest absolute Gasteiger partial charge is 0.381 e. The summed E-state index contributed by atoms with van der Waals surface area (Å²) in [6.07, 6.45) is 7.34. The molecule has 3 saturated carbocycles. The van der Waals surface area contributed by atoms with Gasteiger partial charge in [-0.1, -0.05) is 35.3 Å². The van der Waals surface area contributed by atoms with E-state index in [9.17, 15) is 10.1 Å².